The molecular formula is C11H16N4O3. The normalized spacial score (nSPS) is 14.1. The molecule has 1 aliphatic heterocycles. The lowest BCUT2D eigenvalue weighted by Crippen LogP contribution is -2.41. The number of hydrogen-bond donors (Lipinski definition) is 1. The van der Waals surface area contributed by atoms with Crippen molar-refractivity contribution in [2.75, 3.05) is 20.7 Å². The van der Waals surface area contributed by atoms with E-state index >= 15 is 0 Å². The van der Waals surface area contributed by atoms with Gasteiger partial charge >= 0.3 is 12.0 Å². The van der Waals surface area contributed by atoms with Crippen LogP contribution in [0.3, 0.4) is 0 Å². The zero-order valence-electron chi connectivity index (χ0n) is 10.7. The maximum absolute atomic E-state index is 11.6. The third-order valence-electron chi connectivity index (χ3n) is 3.13. The van der Waals surface area contributed by atoms with Gasteiger partial charge in [-0.05, 0) is 6.42 Å². The Hall–Kier alpha value is -2.05. The fourth-order valence-electron chi connectivity index (χ4n) is 2.16. The number of ether oxygens (including phenoxy) is 1. The Kier molecular flexibility index (Phi) is 3.22. The summed E-state index contributed by atoms with van der Waals surface area (Å²) in [5.41, 5.74) is 2.11. The average Bonchev–Trinajstić information content (AvgIpc) is 2.74. The van der Waals surface area contributed by atoms with Crippen LogP contribution in [-0.4, -0.2) is 47.4 Å². The number of esters is 1. The minimum Gasteiger partial charge on any atom is -0.464 e. The largest absolute Gasteiger partial charge is 0.464 e. The lowest BCUT2D eigenvalue weighted by molar-refractivity contribution is 0.0591. The summed E-state index contributed by atoms with van der Waals surface area (Å²) in [5.74, 6) is -0.430. The van der Waals surface area contributed by atoms with Gasteiger partial charge in [-0.2, -0.15) is 5.10 Å². The molecule has 0 aromatic carbocycles. The van der Waals surface area contributed by atoms with E-state index < -0.39 is 5.97 Å². The van der Waals surface area contributed by atoms with E-state index in [4.69, 9.17) is 4.74 Å². The van der Waals surface area contributed by atoms with Crippen molar-refractivity contribution < 1.29 is 14.3 Å². The summed E-state index contributed by atoms with van der Waals surface area (Å²) >= 11 is 0. The van der Waals surface area contributed by atoms with E-state index in [0.29, 0.717) is 25.2 Å². The van der Waals surface area contributed by atoms with Gasteiger partial charge in [-0.1, -0.05) is 0 Å². The number of aryl methyl sites for hydroxylation is 1. The van der Waals surface area contributed by atoms with Crippen LogP contribution in [0.5, 0.6) is 0 Å². The molecule has 1 aliphatic rings. The van der Waals surface area contributed by atoms with Gasteiger partial charge in [0.15, 0.2) is 5.69 Å². The van der Waals surface area contributed by atoms with Gasteiger partial charge in [0, 0.05) is 26.2 Å². The molecule has 0 aliphatic carbocycles. The fraction of sp³-hybridized carbons (Fsp3) is 0.545. The van der Waals surface area contributed by atoms with Crippen molar-refractivity contribution >= 4 is 12.0 Å². The Bertz CT molecular complexity index is 495. The summed E-state index contributed by atoms with van der Waals surface area (Å²) in [6.45, 7) is 1.03. The van der Waals surface area contributed by atoms with Gasteiger partial charge in [0.05, 0.1) is 19.3 Å². The number of methoxy groups -OCH3 is 1. The highest BCUT2D eigenvalue weighted by Gasteiger charge is 2.28. The number of fused-ring (bicyclic) bond motifs is 1. The molecule has 1 N–H and O–H groups in total. The van der Waals surface area contributed by atoms with Crippen LogP contribution in [0.4, 0.5) is 4.79 Å². The quantitative estimate of drug-likeness (QED) is 0.708. The SMILES string of the molecule is CNC(=O)N1CCc2c(C(=O)OC)nn(C)c2C1. The van der Waals surface area contributed by atoms with Crippen LogP contribution in [0.25, 0.3) is 0 Å². The first-order valence-electron chi connectivity index (χ1n) is 5.68. The summed E-state index contributed by atoms with van der Waals surface area (Å²) in [5, 5.41) is 6.76. The van der Waals surface area contributed by atoms with Crippen LogP contribution >= 0.6 is 0 Å². The Morgan fingerprint density at radius 2 is 2.17 bits per heavy atom. The maximum atomic E-state index is 11.6. The van der Waals surface area contributed by atoms with Gasteiger partial charge in [-0.25, -0.2) is 9.59 Å². The van der Waals surface area contributed by atoms with Crippen LogP contribution < -0.4 is 5.32 Å². The number of rotatable bonds is 1. The van der Waals surface area contributed by atoms with E-state index in [9.17, 15) is 9.59 Å². The highest BCUT2D eigenvalue weighted by Crippen LogP contribution is 2.22. The van der Waals surface area contributed by atoms with Crippen LogP contribution in [0, 0.1) is 0 Å². The molecule has 98 valence electrons. The zero-order chi connectivity index (χ0) is 13.3. The molecule has 2 heterocycles. The number of urea groups is 1. The molecule has 7 nitrogen and oxygen atoms in total. The standard InChI is InChI=1S/C11H16N4O3/c1-12-11(17)15-5-4-7-8(6-15)14(2)13-9(7)10(16)18-3/h4-6H2,1-3H3,(H,12,17). The lowest BCUT2D eigenvalue weighted by atomic mass is 10.0. The minimum atomic E-state index is -0.430. The molecule has 1 aromatic rings. The second kappa shape index (κ2) is 4.67. The van der Waals surface area contributed by atoms with Gasteiger partial charge in [-0.15, -0.1) is 0 Å². The van der Waals surface area contributed by atoms with Crippen LogP contribution in [0.1, 0.15) is 21.7 Å². The van der Waals surface area contributed by atoms with Gasteiger partial charge in [0.25, 0.3) is 0 Å². The maximum Gasteiger partial charge on any atom is 0.358 e. The van der Waals surface area contributed by atoms with Gasteiger partial charge in [0.2, 0.25) is 0 Å². The average molecular weight is 252 g/mol. The highest BCUT2D eigenvalue weighted by atomic mass is 16.5. The number of carbonyl (C=O) groups excluding carboxylic acids is 2. The number of amides is 2. The van der Waals surface area contributed by atoms with Crippen molar-refractivity contribution in [3.63, 3.8) is 0 Å². The number of carbonyl (C=O) groups is 2. The van der Waals surface area contributed by atoms with Crippen LogP contribution in [0.15, 0.2) is 0 Å². The third-order valence-corrected chi connectivity index (χ3v) is 3.13. The Labute approximate surface area is 105 Å². The van der Waals surface area contributed by atoms with Gasteiger partial charge < -0.3 is 15.0 Å². The van der Waals surface area contributed by atoms with E-state index in [-0.39, 0.29) is 6.03 Å². The van der Waals surface area contributed by atoms with E-state index in [1.54, 1.807) is 23.7 Å². The molecule has 1 aromatic heterocycles. The Morgan fingerprint density at radius 3 is 2.78 bits per heavy atom. The molecule has 18 heavy (non-hydrogen) atoms. The highest BCUT2D eigenvalue weighted by molar-refractivity contribution is 5.89. The molecular weight excluding hydrogens is 236 g/mol. The first-order valence-corrected chi connectivity index (χ1v) is 5.68. The molecule has 0 saturated heterocycles. The first kappa shape index (κ1) is 12.4. The lowest BCUT2D eigenvalue weighted by Gasteiger charge is -2.27. The minimum absolute atomic E-state index is 0.124. The van der Waals surface area contributed by atoms with Crippen molar-refractivity contribution in [3.8, 4) is 0 Å². The fourth-order valence-corrected chi connectivity index (χ4v) is 2.16. The molecule has 7 heteroatoms. The molecule has 0 bridgehead atoms. The summed E-state index contributed by atoms with van der Waals surface area (Å²) in [6, 6.07) is -0.124. The molecule has 0 spiro atoms. The predicted octanol–water partition coefficient (Wildman–Crippen LogP) is -0.0958. The number of nitrogens with zero attached hydrogens (tertiary/aromatic N) is 3. The summed E-state index contributed by atoms with van der Waals surface area (Å²) in [6.07, 6.45) is 0.612. The van der Waals surface area contributed by atoms with E-state index in [1.807, 2.05) is 0 Å². The number of hydrogen-bond acceptors (Lipinski definition) is 4. The topological polar surface area (TPSA) is 76.5 Å². The molecule has 2 amide bonds. The Balaban J connectivity index is 2.32. The van der Waals surface area contributed by atoms with Crippen molar-refractivity contribution in [1.82, 2.24) is 20.0 Å². The summed E-state index contributed by atoms with van der Waals surface area (Å²) < 4.78 is 6.34. The predicted molar refractivity (Wildman–Crippen MR) is 63.1 cm³/mol. The van der Waals surface area contributed by atoms with E-state index in [1.165, 1.54) is 7.11 Å². The molecule has 0 saturated carbocycles. The van der Waals surface area contributed by atoms with E-state index in [0.717, 1.165) is 11.3 Å². The molecule has 0 fully saturated rings. The Morgan fingerprint density at radius 1 is 1.44 bits per heavy atom. The molecule has 2 rings (SSSR count). The summed E-state index contributed by atoms with van der Waals surface area (Å²) in [7, 11) is 4.70. The van der Waals surface area contributed by atoms with Crippen molar-refractivity contribution in [2.24, 2.45) is 7.05 Å². The second-order valence-electron chi connectivity index (χ2n) is 4.12. The molecule has 0 radical (unpaired) electrons. The smallest absolute Gasteiger partial charge is 0.358 e. The van der Waals surface area contributed by atoms with E-state index in [2.05, 4.69) is 10.4 Å². The van der Waals surface area contributed by atoms with Gasteiger partial charge in [-0.3, -0.25) is 4.68 Å². The van der Waals surface area contributed by atoms with Crippen molar-refractivity contribution in [2.45, 2.75) is 13.0 Å². The van der Waals surface area contributed by atoms with Gasteiger partial charge in [0.1, 0.15) is 0 Å². The van der Waals surface area contributed by atoms with Crippen LogP contribution in [0.2, 0.25) is 0 Å². The second-order valence-corrected chi connectivity index (χ2v) is 4.12. The number of aromatic nitrogens is 2. The third kappa shape index (κ3) is 1.92. The van der Waals surface area contributed by atoms with Crippen molar-refractivity contribution in [1.29, 1.82) is 0 Å². The molecule has 0 unspecified atom stereocenters. The summed E-state index contributed by atoms with van der Waals surface area (Å²) in [4.78, 5) is 24.8. The zero-order valence-corrected chi connectivity index (χ0v) is 10.7. The van der Waals surface area contributed by atoms with Crippen LogP contribution in [-0.2, 0) is 24.8 Å². The van der Waals surface area contributed by atoms with Crippen molar-refractivity contribution in [3.05, 3.63) is 17.0 Å². The monoisotopic (exact) mass is 252 g/mol. The number of nitrogens with one attached hydrogen (secondary N) is 1. The first-order chi connectivity index (χ1) is 8.58. The molecule has 0 atom stereocenters.